The fraction of sp³-hybridized carbons (Fsp3) is 0.444. The van der Waals surface area contributed by atoms with Gasteiger partial charge in [-0.2, -0.15) is 9.40 Å². The average Bonchev–Trinajstić information content (AvgIpc) is 3.11. The third-order valence-corrected chi connectivity index (χ3v) is 6.64. The highest BCUT2D eigenvalue weighted by atomic mass is 32.2. The number of benzene rings is 1. The van der Waals surface area contributed by atoms with Crippen LogP contribution in [0.2, 0.25) is 0 Å². The molecule has 3 rings (SSSR count). The van der Waals surface area contributed by atoms with Crippen LogP contribution in [0, 0.1) is 6.92 Å². The molecule has 0 spiro atoms. The number of amides is 1. The third kappa shape index (κ3) is 3.52. The summed E-state index contributed by atoms with van der Waals surface area (Å²) in [5.74, 6) is -0.211. The van der Waals surface area contributed by atoms with Crippen molar-refractivity contribution in [2.45, 2.75) is 30.6 Å². The van der Waals surface area contributed by atoms with Crippen LogP contribution in [0.25, 0.3) is 0 Å². The van der Waals surface area contributed by atoms with Crippen LogP contribution >= 0.6 is 0 Å². The lowest BCUT2D eigenvalue weighted by molar-refractivity contribution is 0.0825. The lowest BCUT2D eigenvalue weighted by Crippen LogP contribution is -2.39. The van der Waals surface area contributed by atoms with E-state index in [0.717, 1.165) is 18.4 Å². The molecular weight excluding hydrogens is 352 g/mol. The zero-order chi connectivity index (χ0) is 18.9. The SMILES string of the molecule is Cc1ccc(S(=O)(=O)N2CCC[C@H](c3[nH]ncc3C(=O)N(C)C)C2)cc1. The summed E-state index contributed by atoms with van der Waals surface area (Å²) >= 11 is 0. The van der Waals surface area contributed by atoms with Crippen molar-refractivity contribution in [3.8, 4) is 0 Å². The summed E-state index contributed by atoms with van der Waals surface area (Å²) in [6.07, 6.45) is 3.07. The smallest absolute Gasteiger partial charge is 0.256 e. The number of aromatic amines is 1. The van der Waals surface area contributed by atoms with Crippen LogP contribution in [0.3, 0.4) is 0 Å². The molecule has 1 aromatic heterocycles. The summed E-state index contributed by atoms with van der Waals surface area (Å²) in [5.41, 5.74) is 2.24. The molecule has 1 N–H and O–H groups in total. The number of hydrogen-bond donors (Lipinski definition) is 1. The highest BCUT2D eigenvalue weighted by molar-refractivity contribution is 7.89. The molecule has 8 heteroatoms. The van der Waals surface area contributed by atoms with Crippen LogP contribution in [0.1, 0.15) is 40.4 Å². The van der Waals surface area contributed by atoms with E-state index in [1.165, 1.54) is 15.4 Å². The van der Waals surface area contributed by atoms with Gasteiger partial charge in [-0.3, -0.25) is 9.89 Å². The summed E-state index contributed by atoms with van der Waals surface area (Å²) in [5, 5.41) is 6.93. The van der Waals surface area contributed by atoms with Crippen LogP contribution in [0.4, 0.5) is 0 Å². The van der Waals surface area contributed by atoms with Crippen LogP contribution in [-0.4, -0.2) is 60.9 Å². The van der Waals surface area contributed by atoms with Crippen LogP contribution in [-0.2, 0) is 10.0 Å². The lowest BCUT2D eigenvalue weighted by atomic mass is 9.93. The van der Waals surface area contributed by atoms with Crippen LogP contribution in [0.5, 0.6) is 0 Å². The van der Waals surface area contributed by atoms with E-state index >= 15 is 0 Å². The molecule has 1 atom stereocenters. The molecule has 1 aliphatic rings. The molecule has 1 amide bonds. The van der Waals surface area contributed by atoms with E-state index in [-0.39, 0.29) is 11.8 Å². The molecule has 7 nitrogen and oxygen atoms in total. The van der Waals surface area contributed by atoms with Gasteiger partial charge >= 0.3 is 0 Å². The summed E-state index contributed by atoms with van der Waals surface area (Å²) in [6, 6.07) is 6.89. The molecule has 1 saturated heterocycles. The Hall–Kier alpha value is -2.19. The molecule has 2 heterocycles. The Labute approximate surface area is 154 Å². The normalized spacial score (nSPS) is 18.7. The summed E-state index contributed by atoms with van der Waals surface area (Å²) in [7, 11) is -0.171. The second-order valence-corrected chi connectivity index (χ2v) is 8.85. The molecule has 140 valence electrons. The molecule has 0 saturated carbocycles. The topological polar surface area (TPSA) is 86.4 Å². The van der Waals surface area contributed by atoms with Gasteiger partial charge in [0.1, 0.15) is 0 Å². The maximum atomic E-state index is 13.0. The number of hydrogen-bond acceptors (Lipinski definition) is 4. The molecule has 1 aliphatic heterocycles. The molecule has 0 unspecified atom stereocenters. The molecular formula is C18H24N4O3S. The molecule has 26 heavy (non-hydrogen) atoms. The van der Waals surface area contributed by atoms with Gasteiger partial charge in [-0.25, -0.2) is 8.42 Å². The second kappa shape index (κ2) is 7.20. The standard InChI is InChI=1S/C18H24N4O3S/c1-13-6-8-15(9-7-13)26(24,25)22-10-4-5-14(12-22)17-16(11-19-20-17)18(23)21(2)3/h6-9,11,14H,4-5,10,12H2,1-3H3,(H,19,20)/t14-/m0/s1. The van der Waals surface area contributed by atoms with E-state index in [1.54, 1.807) is 38.4 Å². The van der Waals surface area contributed by atoms with E-state index in [2.05, 4.69) is 10.2 Å². The van der Waals surface area contributed by atoms with Crippen molar-refractivity contribution in [2.75, 3.05) is 27.2 Å². The van der Waals surface area contributed by atoms with Gasteiger partial charge in [0, 0.05) is 33.1 Å². The average molecular weight is 376 g/mol. The number of nitrogens with one attached hydrogen (secondary N) is 1. The maximum Gasteiger partial charge on any atom is 0.256 e. The first kappa shape index (κ1) is 18.6. The van der Waals surface area contributed by atoms with E-state index < -0.39 is 10.0 Å². The Morgan fingerprint density at radius 2 is 1.96 bits per heavy atom. The van der Waals surface area contributed by atoms with Crippen molar-refractivity contribution in [1.29, 1.82) is 0 Å². The van der Waals surface area contributed by atoms with Gasteiger partial charge in [-0.1, -0.05) is 17.7 Å². The summed E-state index contributed by atoms with van der Waals surface area (Å²) < 4.78 is 27.4. The minimum absolute atomic E-state index is 0.0784. The predicted molar refractivity (Wildman–Crippen MR) is 98.5 cm³/mol. The van der Waals surface area contributed by atoms with Crippen LogP contribution in [0.15, 0.2) is 35.4 Å². The summed E-state index contributed by atoms with van der Waals surface area (Å²) in [4.78, 5) is 14.1. The number of carbonyl (C=O) groups excluding carboxylic acids is 1. The molecule has 1 aromatic carbocycles. The number of H-pyrrole nitrogens is 1. The Kier molecular flexibility index (Phi) is 5.15. The number of aryl methyl sites for hydroxylation is 1. The zero-order valence-electron chi connectivity index (χ0n) is 15.3. The Morgan fingerprint density at radius 1 is 1.27 bits per heavy atom. The number of rotatable bonds is 4. The Morgan fingerprint density at radius 3 is 2.62 bits per heavy atom. The van der Waals surface area contributed by atoms with E-state index in [0.29, 0.717) is 29.2 Å². The largest absolute Gasteiger partial charge is 0.345 e. The van der Waals surface area contributed by atoms with E-state index in [4.69, 9.17) is 0 Å². The first-order valence-electron chi connectivity index (χ1n) is 8.62. The van der Waals surface area contributed by atoms with Crippen LogP contribution < -0.4 is 0 Å². The minimum Gasteiger partial charge on any atom is -0.345 e. The number of piperidine rings is 1. The fourth-order valence-corrected chi connectivity index (χ4v) is 4.80. The molecule has 2 aromatic rings. The van der Waals surface area contributed by atoms with Crippen molar-refractivity contribution in [2.24, 2.45) is 0 Å². The maximum absolute atomic E-state index is 13.0. The predicted octanol–water partition coefficient (Wildman–Crippen LogP) is 1.99. The van der Waals surface area contributed by atoms with Crippen molar-refractivity contribution < 1.29 is 13.2 Å². The lowest BCUT2D eigenvalue weighted by Gasteiger charge is -2.32. The molecule has 0 aliphatic carbocycles. The van der Waals surface area contributed by atoms with Crippen molar-refractivity contribution in [3.05, 3.63) is 47.3 Å². The Bertz CT molecular complexity index is 887. The molecule has 1 fully saturated rings. The first-order valence-corrected chi connectivity index (χ1v) is 10.1. The highest BCUT2D eigenvalue weighted by Crippen LogP contribution is 2.31. The quantitative estimate of drug-likeness (QED) is 0.884. The number of aromatic nitrogens is 2. The van der Waals surface area contributed by atoms with Gasteiger partial charge in [-0.05, 0) is 31.9 Å². The molecule has 0 bridgehead atoms. The number of sulfonamides is 1. The van der Waals surface area contributed by atoms with Gasteiger partial charge in [-0.15, -0.1) is 0 Å². The Balaban J connectivity index is 1.85. The van der Waals surface area contributed by atoms with E-state index in [1.807, 2.05) is 6.92 Å². The molecule has 0 radical (unpaired) electrons. The van der Waals surface area contributed by atoms with Gasteiger partial charge in [0.05, 0.1) is 22.3 Å². The van der Waals surface area contributed by atoms with Gasteiger partial charge in [0.25, 0.3) is 5.91 Å². The monoisotopic (exact) mass is 376 g/mol. The zero-order valence-corrected chi connectivity index (χ0v) is 16.1. The highest BCUT2D eigenvalue weighted by Gasteiger charge is 2.33. The number of nitrogens with zero attached hydrogens (tertiary/aromatic N) is 3. The second-order valence-electron chi connectivity index (χ2n) is 6.91. The fourth-order valence-electron chi connectivity index (χ4n) is 3.27. The van der Waals surface area contributed by atoms with E-state index in [9.17, 15) is 13.2 Å². The van der Waals surface area contributed by atoms with Crippen molar-refractivity contribution >= 4 is 15.9 Å². The van der Waals surface area contributed by atoms with Gasteiger partial charge in [0.2, 0.25) is 10.0 Å². The van der Waals surface area contributed by atoms with Gasteiger partial charge in [0.15, 0.2) is 0 Å². The first-order chi connectivity index (χ1) is 12.3. The number of carbonyl (C=O) groups is 1. The van der Waals surface area contributed by atoms with Gasteiger partial charge < -0.3 is 4.90 Å². The van der Waals surface area contributed by atoms with Crippen molar-refractivity contribution in [3.63, 3.8) is 0 Å². The minimum atomic E-state index is -3.55. The van der Waals surface area contributed by atoms with Crippen molar-refractivity contribution in [1.82, 2.24) is 19.4 Å². The third-order valence-electron chi connectivity index (χ3n) is 4.76. The summed E-state index contributed by atoms with van der Waals surface area (Å²) in [6.45, 7) is 2.75.